The molecular weight excluding hydrogens is 880 g/mol. The summed E-state index contributed by atoms with van der Waals surface area (Å²) < 4.78 is 6.83. The Balaban J connectivity index is 1.06. The number of hydrogen-bond acceptors (Lipinski definition) is 5. The van der Waals surface area contributed by atoms with Crippen molar-refractivity contribution >= 4 is 131 Å². The van der Waals surface area contributed by atoms with E-state index < -0.39 is 0 Å². The predicted octanol–water partition coefficient (Wildman–Crippen LogP) is 13.4. The van der Waals surface area contributed by atoms with E-state index in [1.165, 1.54) is 82.3 Å². The van der Waals surface area contributed by atoms with Crippen molar-refractivity contribution in [3.63, 3.8) is 0 Å². The summed E-state index contributed by atoms with van der Waals surface area (Å²) in [6.45, 7) is 7.01. The molecule has 11 aromatic rings. The third-order valence-corrected chi connectivity index (χ3v) is 16.6. The quantitative estimate of drug-likeness (QED) is 0.164. The van der Waals surface area contributed by atoms with Crippen LogP contribution in [0.3, 0.4) is 0 Å². The van der Waals surface area contributed by atoms with Gasteiger partial charge in [-0.3, -0.25) is 0 Å². The lowest BCUT2D eigenvalue weighted by molar-refractivity contribution is 0.589. The number of anilines is 9. The Hall–Kier alpha value is -8.12. The zero-order valence-corrected chi connectivity index (χ0v) is 40.4. The molecule has 334 valence electrons. The lowest BCUT2D eigenvalue weighted by Crippen LogP contribution is -2.64. The standard InChI is InChI=1S/C64H45B2N3OS/c1-64(2,3)40-36-57-62-60(37-40)71-59-35-17-13-29-48(59)66(62)50-38-49-55(39-56(50)69(57)51-30-14-10-24-43(51)45-26-18-27-46-44-25-11-16-34-58(44)70-63(45)46)68(42-22-8-5-9-23-42)54-33-19-32-53-61(54)65(49)47-28-12-15-31-52(47)67(53)41-20-6-4-7-21-41/h4-39H,1-3H3. The number of hydrogen-bond donors (Lipinski definition) is 0. The van der Waals surface area contributed by atoms with E-state index in [0.717, 1.165) is 50.1 Å². The summed E-state index contributed by atoms with van der Waals surface area (Å²) >= 11 is 1.92. The molecule has 0 fully saturated rings. The van der Waals surface area contributed by atoms with Crippen LogP contribution in [0.5, 0.6) is 0 Å². The number of rotatable bonds is 4. The third kappa shape index (κ3) is 5.90. The van der Waals surface area contributed by atoms with Gasteiger partial charge >= 0.3 is 0 Å². The van der Waals surface area contributed by atoms with Crippen LogP contribution in [0.1, 0.15) is 26.3 Å². The van der Waals surface area contributed by atoms with Crippen molar-refractivity contribution < 1.29 is 4.42 Å². The van der Waals surface area contributed by atoms with Gasteiger partial charge in [0.1, 0.15) is 11.2 Å². The molecule has 15 rings (SSSR count). The fourth-order valence-corrected chi connectivity index (χ4v) is 13.5. The van der Waals surface area contributed by atoms with Crippen molar-refractivity contribution in [2.75, 3.05) is 14.7 Å². The van der Waals surface area contributed by atoms with Gasteiger partial charge in [-0.15, -0.1) is 0 Å². The summed E-state index contributed by atoms with van der Waals surface area (Å²) in [7, 11) is 0. The summed E-state index contributed by atoms with van der Waals surface area (Å²) in [6, 6.07) is 81.2. The minimum absolute atomic E-state index is 0.00421. The topological polar surface area (TPSA) is 22.9 Å². The van der Waals surface area contributed by atoms with Gasteiger partial charge in [-0.2, -0.15) is 0 Å². The molecule has 0 unspecified atom stereocenters. The van der Waals surface area contributed by atoms with Crippen LogP contribution in [0.25, 0.3) is 33.1 Å². The van der Waals surface area contributed by atoms with Gasteiger partial charge in [-0.1, -0.05) is 178 Å². The highest BCUT2D eigenvalue weighted by molar-refractivity contribution is 8.00. The molecule has 1 aromatic heterocycles. The van der Waals surface area contributed by atoms with Crippen molar-refractivity contribution in [3.8, 4) is 11.1 Å². The Labute approximate surface area is 419 Å². The average molecular weight is 926 g/mol. The van der Waals surface area contributed by atoms with Crippen LogP contribution in [0.2, 0.25) is 0 Å². The molecule has 4 aliphatic heterocycles. The van der Waals surface area contributed by atoms with Crippen LogP contribution in [-0.4, -0.2) is 13.4 Å². The van der Waals surface area contributed by atoms with Crippen molar-refractivity contribution in [1.82, 2.24) is 0 Å². The number of para-hydroxylation sites is 6. The smallest absolute Gasteiger partial charge is 0.252 e. The van der Waals surface area contributed by atoms with E-state index >= 15 is 0 Å². The molecule has 10 aromatic carbocycles. The fraction of sp³-hybridized carbons (Fsp3) is 0.0625. The first kappa shape index (κ1) is 40.7. The number of fused-ring (bicyclic) bond motifs is 11. The highest BCUT2D eigenvalue weighted by atomic mass is 32.2. The SMILES string of the molecule is CC(C)(C)c1cc2c3c(c1)N(c1ccccc1-c1cccc4c1oc1ccccc14)c1cc4c(cc1B3c1ccccc1S2)B1c2ccccc2N(c2ccccc2)c2cccc(c21)N4c1ccccc1. The minimum atomic E-state index is -0.104. The second-order valence-corrected chi connectivity index (χ2v) is 21.5. The highest BCUT2D eigenvalue weighted by Crippen LogP contribution is 2.50. The first-order chi connectivity index (χ1) is 34.9. The van der Waals surface area contributed by atoms with E-state index in [0.29, 0.717) is 0 Å². The van der Waals surface area contributed by atoms with Gasteiger partial charge < -0.3 is 19.1 Å². The molecule has 5 heterocycles. The maximum Gasteiger partial charge on any atom is 0.252 e. The summed E-state index contributed by atoms with van der Waals surface area (Å²) in [6.07, 6.45) is 0. The first-order valence-electron chi connectivity index (χ1n) is 24.7. The van der Waals surface area contributed by atoms with Gasteiger partial charge in [0.25, 0.3) is 6.71 Å². The van der Waals surface area contributed by atoms with E-state index in [4.69, 9.17) is 4.42 Å². The predicted molar refractivity (Wildman–Crippen MR) is 302 cm³/mol. The normalized spacial score (nSPS) is 13.9. The van der Waals surface area contributed by atoms with Gasteiger partial charge in [-0.05, 0) is 117 Å². The largest absolute Gasteiger partial charge is 0.455 e. The van der Waals surface area contributed by atoms with Gasteiger partial charge in [-0.25, -0.2) is 0 Å². The van der Waals surface area contributed by atoms with E-state index in [9.17, 15) is 0 Å². The molecule has 0 N–H and O–H groups in total. The summed E-state index contributed by atoms with van der Waals surface area (Å²) in [5.41, 5.74) is 23.7. The van der Waals surface area contributed by atoms with Crippen molar-refractivity contribution in [1.29, 1.82) is 0 Å². The Kier molecular flexibility index (Phi) is 8.71. The van der Waals surface area contributed by atoms with E-state index in [1.54, 1.807) is 0 Å². The van der Waals surface area contributed by atoms with Crippen LogP contribution < -0.4 is 47.5 Å². The summed E-state index contributed by atoms with van der Waals surface area (Å²) in [4.78, 5) is 10.3. The molecule has 0 radical (unpaired) electrons. The summed E-state index contributed by atoms with van der Waals surface area (Å²) in [5.74, 6) is 0. The van der Waals surface area contributed by atoms with Gasteiger partial charge in [0.15, 0.2) is 0 Å². The Morgan fingerprint density at radius 2 is 0.944 bits per heavy atom. The number of benzene rings is 10. The van der Waals surface area contributed by atoms with Gasteiger partial charge in [0.05, 0.1) is 5.69 Å². The fourth-order valence-electron chi connectivity index (χ4n) is 12.3. The second kappa shape index (κ2) is 15.2. The van der Waals surface area contributed by atoms with Gasteiger partial charge in [0, 0.05) is 77.2 Å². The van der Waals surface area contributed by atoms with Crippen molar-refractivity contribution in [3.05, 3.63) is 224 Å². The molecule has 0 saturated heterocycles. The van der Waals surface area contributed by atoms with Crippen molar-refractivity contribution in [2.24, 2.45) is 0 Å². The Bertz CT molecular complexity index is 4010. The van der Waals surface area contributed by atoms with E-state index in [1.807, 2.05) is 11.8 Å². The molecular formula is C64H45B2N3OS. The minimum Gasteiger partial charge on any atom is -0.455 e. The zero-order valence-electron chi connectivity index (χ0n) is 39.6. The zero-order chi connectivity index (χ0) is 47.1. The van der Waals surface area contributed by atoms with Crippen LogP contribution >= 0.6 is 11.8 Å². The second-order valence-electron chi connectivity index (χ2n) is 20.4. The molecule has 71 heavy (non-hydrogen) atoms. The molecule has 4 aliphatic rings. The molecule has 7 heteroatoms. The summed E-state index contributed by atoms with van der Waals surface area (Å²) in [5, 5.41) is 2.25. The van der Waals surface area contributed by atoms with Crippen LogP contribution in [0.4, 0.5) is 51.2 Å². The van der Waals surface area contributed by atoms with Gasteiger partial charge in [0.2, 0.25) is 6.71 Å². The maximum absolute atomic E-state index is 6.83. The monoisotopic (exact) mass is 925 g/mol. The Morgan fingerprint density at radius 1 is 0.380 bits per heavy atom. The number of nitrogens with zero attached hydrogens (tertiary/aromatic N) is 3. The molecule has 0 atom stereocenters. The number of furan rings is 1. The molecule has 0 amide bonds. The van der Waals surface area contributed by atoms with E-state index in [-0.39, 0.29) is 18.8 Å². The van der Waals surface area contributed by atoms with Crippen LogP contribution in [-0.2, 0) is 5.41 Å². The van der Waals surface area contributed by atoms with Crippen LogP contribution in [0.15, 0.2) is 233 Å². The Morgan fingerprint density at radius 3 is 1.70 bits per heavy atom. The lowest BCUT2D eigenvalue weighted by Gasteiger charge is -2.46. The third-order valence-electron chi connectivity index (χ3n) is 15.4. The lowest BCUT2D eigenvalue weighted by atomic mass is 9.30. The van der Waals surface area contributed by atoms with Crippen LogP contribution in [0, 0.1) is 0 Å². The molecule has 0 spiro atoms. The molecule has 0 aliphatic carbocycles. The highest BCUT2D eigenvalue weighted by Gasteiger charge is 2.47. The van der Waals surface area contributed by atoms with E-state index in [2.05, 4.69) is 254 Å². The molecule has 4 nitrogen and oxygen atoms in total. The first-order valence-corrected chi connectivity index (χ1v) is 25.6. The van der Waals surface area contributed by atoms with Crippen molar-refractivity contribution in [2.45, 2.75) is 36.0 Å². The average Bonchev–Trinajstić information content (AvgIpc) is 3.80. The molecule has 0 bridgehead atoms. The maximum atomic E-state index is 6.83. The molecule has 0 saturated carbocycles.